The molecule has 0 saturated heterocycles. The number of hydrogen-bond donors (Lipinski definition) is 3. The molecule has 3 N–H and O–H groups in total. The fourth-order valence-corrected chi connectivity index (χ4v) is 7.67. The third kappa shape index (κ3) is 4.62. The molecule has 11 heteroatoms. The molecule has 1 unspecified atom stereocenters. The second-order valence-electron chi connectivity index (χ2n) is 10.6. The number of hydrogen-bond acceptors (Lipinski definition) is 7. The molecule has 2 aliphatic rings. The van der Waals surface area contributed by atoms with E-state index in [1.54, 1.807) is 47.8 Å². The van der Waals surface area contributed by atoms with Crippen LogP contribution in [-0.2, 0) is 31.2 Å². The van der Waals surface area contributed by atoms with E-state index in [9.17, 15) is 19.0 Å². The van der Waals surface area contributed by atoms with Crippen LogP contribution in [-0.4, -0.2) is 52.1 Å². The molecule has 0 bridgehead atoms. The first kappa shape index (κ1) is 26.7. The zero-order valence-electron chi connectivity index (χ0n) is 22.2. The Labute approximate surface area is 232 Å². The van der Waals surface area contributed by atoms with Crippen LogP contribution in [0.25, 0.3) is 11.0 Å². The van der Waals surface area contributed by atoms with Crippen LogP contribution in [0.4, 0.5) is 4.39 Å². The lowest BCUT2D eigenvalue weighted by atomic mass is 9.85. The third-order valence-electron chi connectivity index (χ3n) is 7.88. The van der Waals surface area contributed by atoms with Gasteiger partial charge in [0.2, 0.25) is 0 Å². The summed E-state index contributed by atoms with van der Waals surface area (Å²) in [6.45, 7) is 2.40. The molecule has 1 aliphatic carbocycles. The minimum Gasteiger partial charge on any atom is -0.487 e. The Kier molecular flexibility index (Phi) is 6.78. The molecule has 0 amide bonds. The number of para-hydroxylation sites is 1. The highest BCUT2D eigenvalue weighted by atomic mass is 32.3. The zero-order chi connectivity index (χ0) is 28.2. The van der Waals surface area contributed by atoms with Crippen LogP contribution in [0.15, 0.2) is 53.4 Å². The molecular formula is C29H31FN4O5S. The van der Waals surface area contributed by atoms with E-state index >= 15 is 4.39 Å². The van der Waals surface area contributed by atoms with Crippen molar-refractivity contribution < 1.29 is 28.1 Å². The normalized spacial score (nSPS) is 19.9. The molecule has 0 fully saturated rings. The maximum absolute atomic E-state index is 15.8. The van der Waals surface area contributed by atoms with Crippen molar-refractivity contribution in [2.75, 3.05) is 6.54 Å². The van der Waals surface area contributed by atoms with E-state index in [0.29, 0.717) is 21.7 Å². The Balaban J connectivity index is 1.44. The van der Waals surface area contributed by atoms with E-state index in [1.165, 1.54) is 4.68 Å². The van der Waals surface area contributed by atoms with Gasteiger partial charge in [0.05, 0.1) is 18.5 Å². The van der Waals surface area contributed by atoms with Crippen molar-refractivity contribution in [2.45, 2.75) is 56.1 Å². The first-order valence-electron chi connectivity index (χ1n) is 13.3. The van der Waals surface area contributed by atoms with Gasteiger partial charge in [0.25, 0.3) is 0 Å². The molecule has 3 aromatic carbocycles. The van der Waals surface area contributed by atoms with Gasteiger partial charge in [0.1, 0.15) is 22.3 Å². The van der Waals surface area contributed by atoms with Gasteiger partial charge in [0, 0.05) is 19.5 Å². The van der Waals surface area contributed by atoms with Crippen molar-refractivity contribution >= 4 is 27.8 Å². The molecule has 0 saturated carbocycles. The standard InChI is InChI=1S/C29H31FN4O5S/c1-17-15-34(40(37,38)26-9-4-3-8-25(26)39-17)16-20-13-19(12-18-6-5-7-21(18)20)23(14-27(35)36)22-10-11-24-29(28(22)30)31-32-33(24)2/h3-4,8-13,17,23,37-38H,5-7,14-16H2,1-2H3,(H,35,36)/t17-,23?/m1/s1. The molecule has 2 heterocycles. The fraction of sp³-hybridized carbons (Fsp3) is 0.345. The fourth-order valence-electron chi connectivity index (χ4n) is 6.01. The number of carbonyl (C=O) groups is 1. The average Bonchev–Trinajstić information content (AvgIpc) is 3.52. The van der Waals surface area contributed by atoms with E-state index in [1.807, 2.05) is 19.1 Å². The Morgan fingerprint density at radius 2 is 2.00 bits per heavy atom. The van der Waals surface area contributed by atoms with Crippen LogP contribution >= 0.6 is 10.8 Å². The summed E-state index contributed by atoms with van der Waals surface area (Å²) in [5.41, 5.74) is 4.64. The van der Waals surface area contributed by atoms with E-state index < -0.39 is 28.5 Å². The topological polar surface area (TPSA) is 121 Å². The molecule has 6 rings (SSSR count). The van der Waals surface area contributed by atoms with Crippen molar-refractivity contribution in [1.82, 2.24) is 19.3 Å². The molecule has 0 spiro atoms. The number of benzene rings is 3. The van der Waals surface area contributed by atoms with Crippen molar-refractivity contribution in [3.8, 4) is 5.75 Å². The monoisotopic (exact) mass is 566 g/mol. The minimum absolute atomic E-state index is 0.0999. The highest BCUT2D eigenvalue weighted by molar-refractivity contribution is 8.22. The van der Waals surface area contributed by atoms with Gasteiger partial charge in [0.15, 0.2) is 5.82 Å². The van der Waals surface area contributed by atoms with Gasteiger partial charge in [-0.1, -0.05) is 35.5 Å². The summed E-state index contributed by atoms with van der Waals surface area (Å²) in [7, 11) is -1.69. The van der Waals surface area contributed by atoms with Gasteiger partial charge in [-0.25, -0.2) is 9.07 Å². The van der Waals surface area contributed by atoms with Crippen molar-refractivity contribution in [1.29, 1.82) is 0 Å². The predicted molar refractivity (Wildman–Crippen MR) is 149 cm³/mol. The molecule has 1 aromatic heterocycles. The van der Waals surface area contributed by atoms with Crippen molar-refractivity contribution in [3.63, 3.8) is 0 Å². The van der Waals surface area contributed by atoms with Gasteiger partial charge >= 0.3 is 5.97 Å². The number of aryl methyl sites for hydroxylation is 2. The molecular weight excluding hydrogens is 535 g/mol. The number of rotatable bonds is 6. The second-order valence-corrected chi connectivity index (χ2v) is 12.6. The van der Waals surface area contributed by atoms with Gasteiger partial charge in [-0.3, -0.25) is 13.9 Å². The quantitative estimate of drug-likeness (QED) is 0.279. The van der Waals surface area contributed by atoms with E-state index in [2.05, 4.69) is 10.3 Å². The summed E-state index contributed by atoms with van der Waals surface area (Å²) in [6, 6.07) is 14.2. The summed E-state index contributed by atoms with van der Waals surface area (Å²) < 4.78 is 47.8. The lowest BCUT2D eigenvalue weighted by Crippen LogP contribution is -2.33. The van der Waals surface area contributed by atoms with E-state index in [-0.39, 0.29) is 36.7 Å². The van der Waals surface area contributed by atoms with Gasteiger partial charge in [-0.2, -0.15) is 4.31 Å². The van der Waals surface area contributed by atoms with Crippen LogP contribution in [0.2, 0.25) is 0 Å². The van der Waals surface area contributed by atoms with E-state index in [4.69, 9.17) is 4.74 Å². The zero-order valence-corrected chi connectivity index (χ0v) is 23.1. The number of aliphatic carboxylic acids is 1. The van der Waals surface area contributed by atoms with Crippen LogP contribution in [0.5, 0.6) is 5.75 Å². The summed E-state index contributed by atoms with van der Waals surface area (Å²) in [6.07, 6.45) is 2.00. The van der Waals surface area contributed by atoms with Crippen LogP contribution in [0.3, 0.4) is 0 Å². The summed E-state index contributed by atoms with van der Waals surface area (Å²) in [4.78, 5) is 12.4. The van der Waals surface area contributed by atoms with Crippen LogP contribution in [0, 0.1) is 5.82 Å². The molecule has 0 radical (unpaired) electrons. The summed E-state index contributed by atoms with van der Waals surface area (Å²) in [5, 5.41) is 17.7. The number of carboxylic acid groups (broad SMARTS) is 1. The predicted octanol–water partition coefficient (Wildman–Crippen LogP) is 5.51. The molecule has 2 atom stereocenters. The number of halogens is 1. The number of ether oxygens (including phenoxy) is 1. The maximum atomic E-state index is 15.8. The summed E-state index contributed by atoms with van der Waals surface area (Å²) >= 11 is 0. The van der Waals surface area contributed by atoms with Crippen LogP contribution in [0.1, 0.15) is 53.5 Å². The smallest absolute Gasteiger partial charge is 0.304 e. The van der Waals surface area contributed by atoms with Gasteiger partial charge < -0.3 is 9.84 Å². The van der Waals surface area contributed by atoms with Crippen molar-refractivity contribution in [3.05, 3.63) is 82.2 Å². The molecule has 40 heavy (non-hydrogen) atoms. The minimum atomic E-state index is -3.36. The summed E-state index contributed by atoms with van der Waals surface area (Å²) in [5.74, 6) is -1.94. The van der Waals surface area contributed by atoms with Gasteiger partial charge in [-0.05, 0) is 72.2 Å². The number of carboxylic acids is 1. The van der Waals surface area contributed by atoms with Crippen LogP contribution < -0.4 is 4.74 Å². The Morgan fingerprint density at radius 1 is 1.20 bits per heavy atom. The SMILES string of the molecule is C[C@@H]1CN(Cc2cc(C(CC(=O)O)c3ccc4c(nnn4C)c3F)cc3c2CCC3)S(O)(O)c2ccccc2O1. The average molecular weight is 567 g/mol. The first-order chi connectivity index (χ1) is 19.1. The lowest BCUT2D eigenvalue weighted by Gasteiger charge is -2.42. The second kappa shape index (κ2) is 10.2. The molecule has 4 aromatic rings. The maximum Gasteiger partial charge on any atom is 0.304 e. The molecule has 1 aliphatic heterocycles. The van der Waals surface area contributed by atoms with Gasteiger partial charge in [-0.15, -0.1) is 15.9 Å². The number of aromatic nitrogens is 3. The Morgan fingerprint density at radius 3 is 2.80 bits per heavy atom. The molecule has 210 valence electrons. The third-order valence-corrected chi connectivity index (χ3v) is 9.80. The Bertz CT molecular complexity index is 1620. The molecule has 9 nitrogen and oxygen atoms in total. The van der Waals surface area contributed by atoms with Crippen molar-refractivity contribution in [2.24, 2.45) is 7.05 Å². The van der Waals surface area contributed by atoms with E-state index in [0.717, 1.165) is 36.0 Å². The highest BCUT2D eigenvalue weighted by Gasteiger charge is 2.35. The highest BCUT2D eigenvalue weighted by Crippen LogP contribution is 2.57. The number of fused-ring (bicyclic) bond motifs is 3. The lowest BCUT2D eigenvalue weighted by molar-refractivity contribution is -0.137. The largest absolute Gasteiger partial charge is 0.487 e. The Hall–Kier alpha value is -3.51. The number of nitrogens with zero attached hydrogens (tertiary/aromatic N) is 4. The first-order valence-corrected chi connectivity index (χ1v) is 14.8.